The standard InChI is InChI=1S/C10H21N3O4/c1-6(8(13)9(14)15)17-10(16)7(12)4-2-3-5-11/h6-8H,2-5,11-13H2,1H3,(H,14,15)/t6-,7+,8+/m1/s1. The first-order valence-corrected chi connectivity index (χ1v) is 5.54. The van der Waals surface area contributed by atoms with Gasteiger partial charge in [0.1, 0.15) is 18.2 Å². The number of rotatable bonds is 8. The molecule has 0 radical (unpaired) electrons. The van der Waals surface area contributed by atoms with Crippen molar-refractivity contribution in [2.24, 2.45) is 17.2 Å². The molecule has 0 spiro atoms. The highest BCUT2D eigenvalue weighted by atomic mass is 16.5. The zero-order valence-electron chi connectivity index (χ0n) is 9.96. The molecule has 3 atom stereocenters. The van der Waals surface area contributed by atoms with Gasteiger partial charge in [-0.2, -0.15) is 0 Å². The predicted octanol–water partition coefficient (Wildman–Crippen LogP) is -1.21. The van der Waals surface area contributed by atoms with Gasteiger partial charge in [-0.15, -0.1) is 0 Å². The fourth-order valence-electron chi connectivity index (χ4n) is 1.17. The Kier molecular flexibility index (Phi) is 7.44. The Morgan fingerprint density at radius 1 is 1.29 bits per heavy atom. The molecule has 7 N–H and O–H groups in total. The van der Waals surface area contributed by atoms with E-state index in [1.165, 1.54) is 6.92 Å². The molecule has 17 heavy (non-hydrogen) atoms. The van der Waals surface area contributed by atoms with Gasteiger partial charge in [0.15, 0.2) is 0 Å². The summed E-state index contributed by atoms with van der Waals surface area (Å²) in [5, 5.41) is 8.62. The van der Waals surface area contributed by atoms with Gasteiger partial charge >= 0.3 is 11.9 Å². The summed E-state index contributed by atoms with van der Waals surface area (Å²) in [6.07, 6.45) is 1.07. The number of ether oxygens (including phenoxy) is 1. The normalized spacial score (nSPS) is 16.0. The van der Waals surface area contributed by atoms with E-state index in [9.17, 15) is 9.59 Å². The minimum absolute atomic E-state index is 0.463. The van der Waals surface area contributed by atoms with Crippen LogP contribution in [0.1, 0.15) is 26.2 Å². The highest BCUT2D eigenvalue weighted by molar-refractivity contribution is 5.77. The molecule has 0 aromatic carbocycles. The molecular weight excluding hydrogens is 226 g/mol. The Morgan fingerprint density at radius 3 is 2.35 bits per heavy atom. The monoisotopic (exact) mass is 247 g/mol. The van der Waals surface area contributed by atoms with Crippen LogP contribution in [0.3, 0.4) is 0 Å². The summed E-state index contributed by atoms with van der Waals surface area (Å²) in [5.41, 5.74) is 16.2. The van der Waals surface area contributed by atoms with Crippen LogP contribution < -0.4 is 17.2 Å². The Morgan fingerprint density at radius 2 is 1.88 bits per heavy atom. The van der Waals surface area contributed by atoms with Crippen molar-refractivity contribution < 1.29 is 19.4 Å². The number of aliphatic carboxylic acids is 1. The van der Waals surface area contributed by atoms with E-state index in [1.807, 2.05) is 0 Å². The summed E-state index contributed by atoms with van der Waals surface area (Å²) in [6.45, 7) is 1.96. The Balaban J connectivity index is 4.02. The molecule has 0 bridgehead atoms. The Bertz CT molecular complexity index is 260. The van der Waals surface area contributed by atoms with Crippen LogP contribution in [0, 0.1) is 0 Å². The molecule has 0 aliphatic heterocycles. The van der Waals surface area contributed by atoms with Crippen molar-refractivity contribution in [1.82, 2.24) is 0 Å². The maximum atomic E-state index is 11.4. The van der Waals surface area contributed by atoms with Gasteiger partial charge < -0.3 is 27.0 Å². The maximum absolute atomic E-state index is 11.4. The van der Waals surface area contributed by atoms with Crippen LogP contribution >= 0.6 is 0 Å². The molecule has 0 aromatic heterocycles. The molecule has 0 fully saturated rings. The number of esters is 1. The lowest BCUT2D eigenvalue weighted by Gasteiger charge is -2.19. The predicted molar refractivity (Wildman–Crippen MR) is 62.0 cm³/mol. The van der Waals surface area contributed by atoms with Crippen molar-refractivity contribution in [2.75, 3.05) is 6.54 Å². The SMILES string of the molecule is C[C@@H](OC(=O)[C@@H](N)CCCCN)[C@H](N)C(=O)O. The summed E-state index contributed by atoms with van der Waals surface area (Å²) in [6, 6.07) is -2.00. The van der Waals surface area contributed by atoms with Crippen LogP contribution in [-0.4, -0.2) is 41.8 Å². The van der Waals surface area contributed by atoms with Crippen LogP contribution in [0.5, 0.6) is 0 Å². The molecule has 0 rings (SSSR count). The van der Waals surface area contributed by atoms with E-state index in [4.69, 9.17) is 27.0 Å². The van der Waals surface area contributed by atoms with Gasteiger partial charge in [0.2, 0.25) is 0 Å². The average molecular weight is 247 g/mol. The van der Waals surface area contributed by atoms with E-state index in [0.717, 1.165) is 12.8 Å². The number of nitrogens with two attached hydrogens (primary N) is 3. The van der Waals surface area contributed by atoms with Crippen molar-refractivity contribution in [2.45, 2.75) is 44.4 Å². The van der Waals surface area contributed by atoms with Crippen molar-refractivity contribution in [3.8, 4) is 0 Å². The maximum Gasteiger partial charge on any atom is 0.324 e. The molecule has 0 saturated carbocycles. The highest BCUT2D eigenvalue weighted by Crippen LogP contribution is 2.04. The lowest BCUT2D eigenvalue weighted by Crippen LogP contribution is -2.45. The van der Waals surface area contributed by atoms with Crippen molar-refractivity contribution in [1.29, 1.82) is 0 Å². The fraction of sp³-hybridized carbons (Fsp3) is 0.800. The van der Waals surface area contributed by atoms with Crippen molar-refractivity contribution in [3.63, 3.8) is 0 Å². The molecule has 0 unspecified atom stereocenters. The number of carboxylic acids is 1. The number of carbonyl (C=O) groups excluding carboxylic acids is 1. The number of carbonyl (C=O) groups is 2. The van der Waals surface area contributed by atoms with Gasteiger partial charge in [-0.05, 0) is 26.3 Å². The van der Waals surface area contributed by atoms with Gasteiger partial charge in [-0.1, -0.05) is 6.42 Å². The minimum atomic E-state index is -1.24. The first-order chi connectivity index (χ1) is 7.90. The quantitative estimate of drug-likeness (QED) is 0.311. The third-order valence-electron chi connectivity index (χ3n) is 2.36. The topological polar surface area (TPSA) is 142 Å². The minimum Gasteiger partial charge on any atom is -0.480 e. The van der Waals surface area contributed by atoms with E-state index in [0.29, 0.717) is 13.0 Å². The van der Waals surface area contributed by atoms with E-state index < -0.39 is 30.1 Å². The van der Waals surface area contributed by atoms with E-state index in [1.54, 1.807) is 0 Å². The number of unbranched alkanes of at least 4 members (excludes halogenated alkanes) is 1. The molecule has 0 saturated heterocycles. The third-order valence-corrected chi connectivity index (χ3v) is 2.36. The third kappa shape index (κ3) is 6.20. The fourth-order valence-corrected chi connectivity index (χ4v) is 1.17. The zero-order chi connectivity index (χ0) is 13.4. The first-order valence-electron chi connectivity index (χ1n) is 5.54. The largest absolute Gasteiger partial charge is 0.480 e. The number of carboxylic acid groups (broad SMARTS) is 1. The average Bonchev–Trinajstić information content (AvgIpc) is 2.27. The molecule has 0 aliphatic rings. The second kappa shape index (κ2) is 7.99. The van der Waals surface area contributed by atoms with Crippen LogP contribution in [0.15, 0.2) is 0 Å². The first kappa shape index (κ1) is 15.8. The molecular formula is C10H21N3O4. The molecule has 0 heterocycles. The van der Waals surface area contributed by atoms with Gasteiger partial charge in [0.25, 0.3) is 0 Å². The molecule has 7 heteroatoms. The second-order valence-corrected chi connectivity index (χ2v) is 3.90. The summed E-state index contributed by atoms with van der Waals surface area (Å²) >= 11 is 0. The van der Waals surface area contributed by atoms with Gasteiger partial charge in [-0.25, -0.2) is 0 Å². The Labute approximate surface area is 100 Å². The van der Waals surface area contributed by atoms with Crippen LogP contribution in [0.4, 0.5) is 0 Å². The molecule has 0 amide bonds. The van der Waals surface area contributed by atoms with Crippen LogP contribution in [0.25, 0.3) is 0 Å². The summed E-state index contributed by atoms with van der Waals surface area (Å²) < 4.78 is 4.86. The van der Waals surface area contributed by atoms with Crippen molar-refractivity contribution in [3.05, 3.63) is 0 Å². The molecule has 0 aromatic rings. The van der Waals surface area contributed by atoms with Gasteiger partial charge in [0, 0.05) is 0 Å². The number of hydrogen-bond acceptors (Lipinski definition) is 6. The molecule has 0 aliphatic carbocycles. The van der Waals surface area contributed by atoms with E-state index >= 15 is 0 Å². The molecule has 7 nitrogen and oxygen atoms in total. The van der Waals surface area contributed by atoms with E-state index in [-0.39, 0.29) is 0 Å². The van der Waals surface area contributed by atoms with E-state index in [2.05, 4.69) is 0 Å². The van der Waals surface area contributed by atoms with Gasteiger partial charge in [-0.3, -0.25) is 9.59 Å². The summed E-state index contributed by atoms with van der Waals surface area (Å²) in [7, 11) is 0. The lowest BCUT2D eigenvalue weighted by atomic mass is 10.1. The van der Waals surface area contributed by atoms with Crippen LogP contribution in [0.2, 0.25) is 0 Å². The lowest BCUT2D eigenvalue weighted by molar-refractivity contribution is -0.154. The van der Waals surface area contributed by atoms with Crippen molar-refractivity contribution >= 4 is 11.9 Å². The molecule has 100 valence electrons. The number of hydrogen-bond donors (Lipinski definition) is 4. The second-order valence-electron chi connectivity index (χ2n) is 3.90. The van der Waals surface area contributed by atoms with Crippen LogP contribution in [-0.2, 0) is 14.3 Å². The Hall–Kier alpha value is -1.18. The highest BCUT2D eigenvalue weighted by Gasteiger charge is 2.25. The summed E-state index contributed by atoms with van der Waals surface area (Å²) in [5.74, 6) is -1.85. The summed E-state index contributed by atoms with van der Waals surface area (Å²) in [4.78, 5) is 22.0. The smallest absolute Gasteiger partial charge is 0.324 e. The zero-order valence-corrected chi connectivity index (χ0v) is 9.96. The van der Waals surface area contributed by atoms with Gasteiger partial charge in [0.05, 0.1) is 0 Å².